The summed E-state index contributed by atoms with van der Waals surface area (Å²) >= 11 is 0. The fourth-order valence-corrected chi connectivity index (χ4v) is 3.27. The third-order valence-corrected chi connectivity index (χ3v) is 4.83. The Morgan fingerprint density at radius 2 is 1.84 bits per heavy atom. The smallest absolute Gasteiger partial charge is 0.312 e. The molecule has 0 amide bonds. The lowest BCUT2D eigenvalue weighted by Gasteiger charge is -2.35. The molecule has 3 rings (SSSR count). The van der Waals surface area contributed by atoms with Crippen molar-refractivity contribution in [3.63, 3.8) is 0 Å². The van der Waals surface area contributed by atoms with Gasteiger partial charge in [-0.05, 0) is 58.1 Å². The molecule has 1 fully saturated rings. The van der Waals surface area contributed by atoms with Gasteiger partial charge in [-0.25, -0.2) is 0 Å². The van der Waals surface area contributed by atoms with Crippen molar-refractivity contribution < 1.29 is 9.53 Å². The Morgan fingerprint density at radius 1 is 1.21 bits per heavy atom. The largest absolute Gasteiger partial charge is 0.453 e. The Hall–Kier alpha value is -1.31. The standard InChI is InChI=1S/C17H22O2/c1-15(2,3)14(18)19-16(4)13-8-6-5-7-12(13)11-17(16)9-10-17/h5-8H,9-11H2,1-4H3. The van der Waals surface area contributed by atoms with Crippen molar-refractivity contribution in [1.29, 1.82) is 0 Å². The molecular formula is C17H22O2. The molecule has 102 valence electrons. The minimum absolute atomic E-state index is 0.0991. The second-order valence-corrected chi connectivity index (χ2v) is 7.29. The topological polar surface area (TPSA) is 26.3 Å². The fraction of sp³-hybridized carbons (Fsp3) is 0.588. The number of fused-ring (bicyclic) bond motifs is 1. The first-order chi connectivity index (χ1) is 8.79. The van der Waals surface area contributed by atoms with Crippen molar-refractivity contribution in [2.75, 3.05) is 0 Å². The van der Waals surface area contributed by atoms with Crippen LogP contribution in [0.5, 0.6) is 0 Å². The molecule has 1 unspecified atom stereocenters. The van der Waals surface area contributed by atoms with Gasteiger partial charge in [0.15, 0.2) is 0 Å². The summed E-state index contributed by atoms with van der Waals surface area (Å²) in [4.78, 5) is 12.3. The van der Waals surface area contributed by atoms with Gasteiger partial charge in [0.2, 0.25) is 0 Å². The van der Waals surface area contributed by atoms with Crippen LogP contribution in [0.15, 0.2) is 24.3 Å². The van der Waals surface area contributed by atoms with Crippen molar-refractivity contribution in [3.05, 3.63) is 35.4 Å². The van der Waals surface area contributed by atoms with Crippen molar-refractivity contribution in [3.8, 4) is 0 Å². The zero-order valence-electron chi connectivity index (χ0n) is 12.2. The first-order valence-corrected chi connectivity index (χ1v) is 7.10. The Kier molecular flexibility index (Phi) is 2.42. The average molecular weight is 258 g/mol. The van der Waals surface area contributed by atoms with Crippen LogP contribution in [0.4, 0.5) is 0 Å². The molecule has 0 saturated heterocycles. The quantitative estimate of drug-likeness (QED) is 0.716. The summed E-state index contributed by atoms with van der Waals surface area (Å²) in [5.74, 6) is -0.0991. The molecule has 0 N–H and O–H groups in total. The first-order valence-electron chi connectivity index (χ1n) is 7.10. The molecule has 0 aromatic heterocycles. The highest BCUT2D eigenvalue weighted by molar-refractivity contribution is 5.76. The van der Waals surface area contributed by atoms with Crippen LogP contribution < -0.4 is 0 Å². The molecule has 1 aromatic carbocycles. The minimum Gasteiger partial charge on any atom is -0.453 e. The number of ether oxygens (including phenoxy) is 1. The van der Waals surface area contributed by atoms with Crippen LogP contribution in [0.3, 0.4) is 0 Å². The lowest BCUT2D eigenvalue weighted by atomic mass is 9.85. The van der Waals surface area contributed by atoms with Gasteiger partial charge >= 0.3 is 5.97 Å². The molecular weight excluding hydrogens is 236 g/mol. The normalized spacial score (nSPS) is 27.2. The Labute approximate surface area is 115 Å². The molecule has 1 spiro atoms. The number of hydrogen-bond acceptors (Lipinski definition) is 2. The molecule has 2 nitrogen and oxygen atoms in total. The van der Waals surface area contributed by atoms with Crippen LogP contribution in [0.25, 0.3) is 0 Å². The maximum absolute atomic E-state index is 12.3. The molecule has 0 aliphatic heterocycles. The lowest BCUT2D eigenvalue weighted by molar-refractivity contribution is -0.176. The summed E-state index contributed by atoms with van der Waals surface area (Å²) in [6.45, 7) is 7.85. The maximum Gasteiger partial charge on any atom is 0.312 e. The second-order valence-electron chi connectivity index (χ2n) is 7.29. The van der Waals surface area contributed by atoms with Gasteiger partial charge in [0, 0.05) is 5.41 Å². The summed E-state index contributed by atoms with van der Waals surface area (Å²) in [5, 5.41) is 0. The molecule has 2 aliphatic rings. The molecule has 19 heavy (non-hydrogen) atoms. The number of esters is 1. The van der Waals surface area contributed by atoms with Crippen molar-refractivity contribution >= 4 is 5.97 Å². The van der Waals surface area contributed by atoms with Gasteiger partial charge in [-0.3, -0.25) is 4.79 Å². The molecule has 2 heteroatoms. The van der Waals surface area contributed by atoms with E-state index in [-0.39, 0.29) is 11.4 Å². The van der Waals surface area contributed by atoms with Gasteiger partial charge in [0.05, 0.1) is 5.41 Å². The third-order valence-electron chi connectivity index (χ3n) is 4.83. The van der Waals surface area contributed by atoms with Gasteiger partial charge in [-0.15, -0.1) is 0 Å². The van der Waals surface area contributed by atoms with E-state index in [1.54, 1.807) is 0 Å². The highest BCUT2D eigenvalue weighted by Gasteiger charge is 2.64. The molecule has 2 aliphatic carbocycles. The SMILES string of the molecule is CC(C)(C)C(=O)OC1(C)c2ccccc2CC12CC2. The molecule has 0 bridgehead atoms. The van der Waals surface area contributed by atoms with Crippen LogP contribution in [-0.4, -0.2) is 5.97 Å². The maximum atomic E-state index is 12.3. The van der Waals surface area contributed by atoms with E-state index in [1.165, 1.54) is 11.1 Å². The van der Waals surface area contributed by atoms with E-state index in [9.17, 15) is 4.79 Å². The predicted octanol–water partition coefficient (Wildman–Crippen LogP) is 3.83. The predicted molar refractivity (Wildman–Crippen MR) is 74.7 cm³/mol. The van der Waals surface area contributed by atoms with Gasteiger partial charge in [0.25, 0.3) is 0 Å². The Morgan fingerprint density at radius 3 is 2.42 bits per heavy atom. The van der Waals surface area contributed by atoms with Crippen LogP contribution in [-0.2, 0) is 21.6 Å². The van der Waals surface area contributed by atoms with E-state index in [1.807, 2.05) is 26.8 Å². The Balaban J connectivity index is 2.00. The molecule has 1 atom stereocenters. The van der Waals surface area contributed by atoms with E-state index < -0.39 is 11.0 Å². The molecule has 1 aromatic rings. The highest BCUT2D eigenvalue weighted by Crippen LogP contribution is 2.66. The highest BCUT2D eigenvalue weighted by atomic mass is 16.6. The zero-order valence-corrected chi connectivity index (χ0v) is 12.2. The van der Waals surface area contributed by atoms with E-state index in [0.29, 0.717) is 0 Å². The van der Waals surface area contributed by atoms with E-state index in [2.05, 4.69) is 25.1 Å². The number of benzene rings is 1. The van der Waals surface area contributed by atoms with Gasteiger partial charge in [-0.2, -0.15) is 0 Å². The van der Waals surface area contributed by atoms with Gasteiger partial charge < -0.3 is 4.74 Å². The summed E-state index contributed by atoms with van der Waals surface area (Å²) in [7, 11) is 0. The zero-order chi connectivity index (χ0) is 13.9. The van der Waals surface area contributed by atoms with Crippen molar-refractivity contribution in [2.24, 2.45) is 10.8 Å². The summed E-state index contributed by atoms with van der Waals surface area (Å²) in [6.07, 6.45) is 3.38. The van der Waals surface area contributed by atoms with Gasteiger partial charge in [-0.1, -0.05) is 24.3 Å². The van der Waals surface area contributed by atoms with Crippen molar-refractivity contribution in [1.82, 2.24) is 0 Å². The fourth-order valence-electron chi connectivity index (χ4n) is 3.27. The number of hydrogen-bond donors (Lipinski definition) is 0. The lowest BCUT2D eigenvalue weighted by Crippen LogP contribution is -2.39. The monoisotopic (exact) mass is 258 g/mol. The van der Waals surface area contributed by atoms with Crippen LogP contribution >= 0.6 is 0 Å². The Bertz CT molecular complexity index is 534. The molecule has 1 saturated carbocycles. The average Bonchev–Trinajstić information content (AvgIpc) is 3.04. The van der Waals surface area contributed by atoms with Crippen LogP contribution in [0, 0.1) is 10.8 Å². The van der Waals surface area contributed by atoms with Crippen LogP contribution in [0.2, 0.25) is 0 Å². The number of carbonyl (C=O) groups is 1. The van der Waals surface area contributed by atoms with Crippen LogP contribution in [0.1, 0.15) is 51.7 Å². The summed E-state index contributed by atoms with van der Waals surface area (Å²) in [6, 6.07) is 8.42. The molecule has 0 radical (unpaired) electrons. The molecule has 0 heterocycles. The van der Waals surface area contributed by atoms with E-state index in [0.717, 1.165) is 19.3 Å². The summed E-state index contributed by atoms with van der Waals surface area (Å²) < 4.78 is 6.03. The third kappa shape index (κ3) is 1.73. The number of rotatable bonds is 1. The van der Waals surface area contributed by atoms with E-state index >= 15 is 0 Å². The van der Waals surface area contributed by atoms with Crippen molar-refractivity contribution in [2.45, 2.75) is 52.6 Å². The minimum atomic E-state index is -0.448. The first kappa shape index (κ1) is 12.7. The summed E-state index contributed by atoms with van der Waals surface area (Å²) in [5.41, 5.74) is 1.84. The van der Waals surface area contributed by atoms with Gasteiger partial charge in [0.1, 0.15) is 5.60 Å². The van der Waals surface area contributed by atoms with E-state index in [4.69, 9.17) is 4.74 Å². The second kappa shape index (κ2) is 3.62. The number of carbonyl (C=O) groups excluding carboxylic acids is 1.